The third-order valence-electron chi connectivity index (χ3n) is 7.61. The molecule has 6 heteroatoms. The van der Waals surface area contributed by atoms with E-state index in [0.717, 1.165) is 56.0 Å². The summed E-state index contributed by atoms with van der Waals surface area (Å²) in [6, 6.07) is 41.6. The maximum atomic E-state index is 9.79. The Balaban J connectivity index is 1.46. The van der Waals surface area contributed by atoms with E-state index in [1.165, 1.54) is 0 Å². The number of rotatable bonds is 2. The Bertz CT molecular complexity index is 2060. The van der Waals surface area contributed by atoms with Gasteiger partial charge in [-0.15, -0.1) is 0 Å². The molecule has 0 atom stereocenters. The second kappa shape index (κ2) is 8.26. The minimum Gasteiger partial charge on any atom is -0.306 e. The van der Waals surface area contributed by atoms with Crippen molar-refractivity contribution in [2.24, 2.45) is 0 Å². The van der Waals surface area contributed by atoms with Crippen molar-refractivity contribution in [1.82, 2.24) is 9.97 Å². The maximum Gasteiger partial charge on any atom is 0.177 e. The molecule has 2 aliphatic rings. The van der Waals surface area contributed by atoms with Crippen LogP contribution in [-0.4, -0.2) is 9.97 Å². The minimum absolute atomic E-state index is 0.0340. The molecule has 184 valence electrons. The van der Waals surface area contributed by atoms with E-state index in [-0.39, 0.29) is 11.4 Å². The van der Waals surface area contributed by atoms with Crippen molar-refractivity contribution in [3.8, 4) is 34.7 Å². The first-order valence-electron chi connectivity index (χ1n) is 12.9. The van der Waals surface area contributed by atoms with Gasteiger partial charge in [0.25, 0.3) is 0 Å². The fourth-order valence-electron chi connectivity index (χ4n) is 6.00. The first-order chi connectivity index (χ1) is 19.8. The van der Waals surface area contributed by atoms with E-state index in [4.69, 9.17) is 4.98 Å². The first-order valence-corrected chi connectivity index (χ1v) is 12.9. The number of nitrogens with zero attached hydrogens (tertiary/aromatic N) is 6. The van der Waals surface area contributed by atoms with E-state index >= 15 is 0 Å². The molecule has 1 aliphatic heterocycles. The lowest BCUT2D eigenvalue weighted by molar-refractivity contribution is 1.14. The summed E-state index contributed by atoms with van der Waals surface area (Å²) in [6.45, 7) is 0. The molecule has 1 aromatic heterocycles. The van der Waals surface area contributed by atoms with E-state index < -0.39 is 0 Å². The van der Waals surface area contributed by atoms with E-state index in [9.17, 15) is 10.5 Å². The third-order valence-corrected chi connectivity index (χ3v) is 7.61. The number of para-hydroxylation sites is 5. The van der Waals surface area contributed by atoms with Crippen LogP contribution in [0, 0.1) is 22.7 Å². The van der Waals surface area contributed by atoms with Crippen molar-refractivity contribution in [2.75, 3.05) is 9.80 Å². The summed E-state index contributed by atoms with van der Waals surface area (Å²) in [7, 11) is 0. The van der Waals surface area contributed by atoms with E-state index in [1.54, 1.807) is 0 Å². The van der Waals surface area contributed by atoms with Crippen molar-refractivity contribution >= 4 is 44.9 Å². The Hall–Kier alpha value is -5.98. The predicted molar refractivity (Wildman–Crippen MR) is 156 cm³/mol. The Morgan fingerprint density at radius 2 is 1.07 bits per heavy atom. The molecule has 40 heavy (non-hydrogen) atoms. The zero-order valence-electron chi connectivity index (χ0n) is 21.1. The van der Waals surface area contributed by atoms with Gasteiger partial charge in [-0.1, -0.05) is 66.7 Å². The highest BCUT2D eigenvalue weighted by Gasteiger charge is 2.35. The number of aromatic nitrogens is 2. The molecule has 8 rings (SSSR count). The average Bonchev–Trinajstić information content (AvgIpc) is 3.34. The Morgan fingerprint density at radius 3 is 1.70 bits per heavy atom. The molecular formula is C34H18N6. The smallest absolute Gasteiger partial charge is 0.177 e. The summed E-state index contributed by atoms with van der Waals surface area (Å²) in [6.07, 6.45) is 0. The van der Waals surface area contributed by atoms with E-state index in [2.05, 4.69) is 112 Å². The topological polar surface area (TPSA) is 79.8 Å². The van der Waals surface area contributed by atoms with Crippen LogP contribution in [0.4, 0.5) is 34.1 Å². The van der Waals surface area contributed by atoms with Crippen molar-refractivity contribution in [3.63, 3.8) is 0 Å². The van der Waals surface area contributed by atoms with Gasteiger partial charge in [0, 0.05) is 22.2 Å². The average molecular weight is 511 g/mol. The van der Waals surface area contributed by atoms with Crippen molar-refractivity contribution in [1.29, 1.82) is 10.5 Å². The van der Waals surface area contributed by atoms with Gasteiger partial charge >= 0.3 is 0 Å². The summed E-state index contributed by atoms with van der Waals surface area (Å²) >= 11 is 0. The van der Waals surface area contributed by atoms with Gasteiger partial charge < -0.3 is 9.80 Å². The van der Waals surface area contributed by atoms with Gasteiger partial charge in [0.05, 0.1) is 34.1 Å². The number of benzene rings is 5. The molecule has 0 saturated carbocycles. The quantitative estimate of drug-likeness (QED) is 0.233. The molecule has 6 aromatic rings. The Labute approximate surface area is 230 Å². The molecule has 0 amide bonds. The van der Waals surface area contributed by atoms with Gasteiger partial charge in [-0.2, -0.15) is 10.5 Å². The van der Waals surface area contributed by atoms with E-state index in [0.29, 0.717) is 11.4 Å². The van der Waals surface area contributed by atoms with Crippen LogP contribution in [0.3, 0.4) is 0 Å². The highest BCUT2D eigenvalue weighted by molar-refractivity contribution is 6.19. The SMILES string of the molecule is N#Cc1nc2c(nc1C#N)-c1c(N3c4ccccc4N(c4ccccc4)c4ccccc43)ccc3cccc-2c13. The highest BCUT2D eigenvalue weighted by atomic mass is 15.3. The molecule has 0 radical (unpaired) electrons. The van der Waals surface area contributed by atoms with E-state index in [1.807, 2.05) is 24.3 Å². The minimum atomic E-state index is 0.0340. The fraction of sp³-hybridized carbons (Fsp3) is 0. The molecule has 6 nitrogen and oxygen atoms in total. The molecule has 0 saturated heterocycles. The maximum absolute atomic E-state index is 9.79. The van der Waals surface area contributed by atoms with Crippen molar-refractivity contribution < 1.29 is 0 Å². The molecular weight excluding hydrogens is 492 g/mol. The molecule has 0 bridgehead atoms. The van der Waals surface area contributed by atoms with Gasteiger partial charge in [-0.05, 0) is 47.9 Å². The largest absolute Gasteiger partial charge is 0.306 e. The predicted octanol–water partition coefficient (Wildman–Crippen LogP) is 8.27. The number of anilines is 6. The standard InChI is InChI=1S/C34H18N6/c35-19-24-25(20-36)38-34-32-30(18-17-21-9-8-12-23(31(21)32)33(34)37-24)40-28-15-6-4-13-26(28)39(22-10-2-1-3-11-22)27-14-5-7-16-29(27)40/h1-18H. The van der Waals surface area contributed by atoms with Crippen LogP contribution in [0.5, 0.6) is 0 Å². The summed E-state index contributed by atoms with van der Waals surface area (Å²) in [5.74, 6) is 0. The summed E-state index contributed by atoms with van der Waals surface area (Å²) < 4.78 is 0. The van der Waals surface area contributed by atoms with Crippen LogP contribution in [0.1, 0.15) is 11.4 Å². The zero-order chi connectivity index (χ0) is 26.8. The molecule has 1 aliphatic carbocycles. The number of fused-ring (bicyclic) bond motifs is 5. The Kier molecular flexibility index (Phi) is 4.55. The van der Waals surface area contributed by atoms with Gasteiger partial charge in [0.15, 0.2) is 11.4 Å². The lowest BCUT2D eigenvalue weighted by Crippen LogP contribution is -2.24. The lowest BCUT2D eigenvalue weighted by atomic mass is 9.99. The number of hydrogen-bond acceptors (Lipinski definition) is 6. The highest BCUT2D eigenvalue weighted by Crippen LogP contribution is 2.58. The Morgan fingerprint density at radius 1 is 0.500 bits per heavy atom. The monoisotopic (exact) mass is 510 g/mol. The molecule has 0 N–H and O–H groups in total. The van der Waals surface area contributed by atoms with Gasteiger partial charge in [-0.3, -0.25) is 0 Å². The van der Waals surface area contributed by atoms with Crippen LogP contribution < -0.4 is 9.80 Å². The van der Waals surface area contributed by atoms with Gasteiger partial charge in [0.2, 0.25) is 0 Å². The summed E-state index contributed by atoms with van der Waals surface area (Å²) in [5.41, 5.74) is 9.32. The van der Waals surface area contributed by atoms with Crippen LogP contribution in [0.2, 0.25) is 0 Å². The molecule has 0 spiro atoms. The second-order valence-corrected chi connectivity index (χ2v) is 9.69. The van der Waals surface area contributed by atoms with Crippen LogP contribution in [0.15, 0.2) is 109 Å². The van der Waals surface area contributed by atoms with Crippen molar-refractivity contribution in [2.45, 2.75) is 0 Å². The number of nitriles is 2. The lowest BCUT2D eigenvalue weighted by Gasteiger charge is -2.40. The first kappa shape index (κ1) is 22.0. The second-order valence-electron chi connectivity index (χ2n) is 9.69. The molecule has 0 fully saturated rings. The fourth-order valence-corrected chi connectivity index (χ4v) is 6.00. The summed E-state index contributed by atoms with van der Waals surface area (Å²) in [4.78, 5) is 13.9. The van der Waals surface area contributed by atoms with Gasteiger partial charge in [-0.25, -0.2) is 9.97 Å². The number of hydrogen-bond donors (Lipinski definition) is 0. The molecule has 2 heterocycles. The van der Waals surface area contributed by atoms with Crippen LogP contribution in [-0.2, 0) is 0 Å². The molecule has 5 aromatic carbocycles. The van der Waals surface area contributed by atoms with Crippen LogP contribution >= 0.6 is 0 Å². The third kappa shape index (κ3) is 2.90. The molecule has 0 unspecified atom stereocenters. The summed E-state index contributed by atoms with van der Waals surface area (Å²) in [5, 5.41) is 21.5. The zero-order valence-corrected chi connectivity index (χ0v) is 21.1. The van der Waals surface area contributed by atoms with Crippen LogP contribution in [0.25, 0.3) is 33.3 Å². The normalized spacial score (nSPS) is 12.3. The van der Waals surface area contributed by atoms with Gasteiger partial charge in [0.1, 0.15) is 17.8 Å². The van der Waals surface area contributed by atoms with Crippen molar-refractivity contribution in [3.05, 3.63) is 121 Å².